The van der Waals surface area contributed by atoms with Crippen LogP contribution >= 0.6 is 0 Å². The number of halogens is 1. The van der Waals surface area contributed by atoms with Gasteiger partial charge in [0, 0.05) is 5.92 Å². The zero-order chi connectivity index (χ0) is 10.3. The third-order valence-electron chi connectivity index (χ3n) is 2.47. The van der Waals surface area contributed by atoms with Crippen molar-refractivity contribution < 1.29 is 8.81 Å². The highest BCUT2D eigenvalue weighted by Gasteiger charge is 2.29. The topological polar surface area (TPSA) is 38.9 Å². The maximum atomic E-state index is 13.4. The van der Waals surface area contributed by atoms with E-state index >= 15 is 0 Å². The first kappa shape index (κ1) is 8.59. The Kier molecular flexibility index (Phi) is 1.80. The van der Waals surface area contributed by atoms with Crippen LogP contribution in [-0.4, -0.2) is 10.2 Å². The molecule has 1 saturated carbocycles. The highest BCUT2D eigenvalue weighted by Crippen LogP contribution is 2.40. The molecular weight excluding hydrogens is 195 g/mol. The molecule has 76 valence electrons. The monoisotopic (exact) mass is 204 g/mol. The predicted molar refractivity (Wildman–Crippen MR) is 51.7 cm³/mol. The van der Waals surface area contributed by atoms with E-state index in [2.05, 4.69) is 10.2 Å². The van der Waals surface area contributed by atoms with Gasteiger partial charge in [0.2, 0.25) is 5.89 Å². The average molecular weight is 204 g/mol. The molecule has 3 rings (SSSR count). The third-order valence-corrected chi connectivity index (χ3v) is 2.47. The summed E-state index contributed by atoms with van der Waals surface area (Å²) in [5.74, 6) is 0.977. The molecule has 0 radical (unpaired) electrons. The molecule has 0 spiro atoms. The van der Waals surface area contributed by atoms with Gasteiger partial charge in [-0.3, -0.25) is 0 Å². The van der Waals surface area contributed by atoms with Gasteiger partial charge in [0.1, 0.15) is 5.82 Å². The van der Waals surface area contributed by atoms with Crippen molar-refractivity contribution in [1.82, 2.24) is 10.2 Å². The molecule has 0 atom stereocenters. The fraction of sp³-hybridized carbons (Fsp3) is 0.273. The van der Waals surface area contributed by atoms with Gasteiger partial charge in [0.25, 0.3) is 5.89 Å². The normalized spacial score (nSPS) is 15.5. The minimum Gasteiger partial charge on any atom is -0.420 e. The van der Waals surface area contributed by atoms with E-state index in [0.29, 0.717) is 17.4 Å². The van der Waals surface area contributed by atoms with Crippen molar-refractivity contribution >= 4 is 0 Å². The van der Waals surface area contributed by atoms with Crippen molar-refractivity contribution in [3.63, 3.8) is 0 Å². The largest absolute Gasteiger partial charge is 0.420 e. The maximum Gasteiger partial charge on any atom is 0.250 e. The van der Waals surface area contributed by atoms with Crippen molar-refractivity contribution in [3.05, 3.63) is 36.0 Å². The number of hydrogen-bond acceptors (Lipinski definition) is 3. The molecule has 0 bridgehead atoms. The molecule has 1 aromatic carbocycles. The Balaban J connectivity index is 2.01. The molecule has 0 unspecified atom stereocenters. The Labute approximate surface area is 85.9 Å². The van der Waals surface area contributed by atoms with E-state index in [1.165, 1.54) is 6.07 Å². The van der Waals surface area contributed by atoms with Gasteiger partial charge >= 0.3 is 0 Å². The Morgan fingerprint density at radius 2 is 2.00 bits per heavy atom. The molecule has 3 nitrogen and oxygen atoms in total. The second kappa shape index (κ2) is 3.15. The fourth-order valence-corrected chi connectivity index (χ4v) is 1.47. The Hall–Kier alpha value is -1.71. The zero-order valence-corrected chi connectivity index (χ0v) is 7.98. The lowest BCUT2D eigenvalue weighted by atomic mass is 10.2. The molecule has 2 aromatic rings. The van der Waals surface area contributed by atoms with Crippen molar-refractivity contribution in [2.24, 2.45) is 0 Å². The summed E-state index contributed by atoms with van der Waals surface area (Å²) in [6, 6.07) is 6.41. The Morgan fingerprint density at radius 1 is 1.20 bits per heavy atom. The highest BCUT2D eigenvalue weighted by atomic mass is 19.1. The lowest BCUT2D eigenvalue weighted by Crippen LogP contribution is -1.82. The second-order valence-corrected chi connectivity index (χ2v) is 3.70. The van der Waals surface area contributed by atoms with Crippen molar-refractivity contribution in [3.8, 4) is 11.5 Å². The van der Waals surface area contributed by atoms with Crippen LogP contribution in [0.25, 0.3) is 11.5 Å². The first-order chi connectivity index (χ1) is 7.34. The molecular formula is C11H9FN2O. The van der Waals surface area contributed by atoms with Crippen LogP contribution in [0.3, 0.4) is 0 Å². The van der Waals surface area contributed by atoms with Crippen LogP contribution in [0.2, 0.25) is 0 Å². The minimum absolute atomic E-state index is 0.273. The lowest BCUT2D eigenvalue weighted by molar-refractivity contribution is 0.504. The minimum atomic E-state index is -0.330. The van der Waals surface area contributed by atoms with E-state index in [0.717, 1.165) is 12.8 Å². The van der Waals surface area contributed by atoms with Gasteiger partial charge in [0.15, 0.2) is 0 Å². The standard InChI is InChI=1S/C11H9FN2O/c12-9-4-2-1-3-8(9)11-14-13-10(15-11)7-5-6-7/h1-4,7H,5-6H2. The van der Waals surface area contributed by atoms with Gasteiger partial charge in [-0.2, -0.15) is 0 Å². The summed E-state index contributed by atoms with van der Waals surface area (Å²) in [6.45, 7) is 0. The van der Waals surface area contributed by atoms with Gasteiger partial charge < -0.3 is 4.42 Å². The van der Waals surface area contributed by atoms with Gasteiger partial charge in [-0.15, -0.1) is 10.2 Å². The summed E-state index contributed by atoms with van der Waals surface area (Å²) in [5, 5.41) is 7.76. The average Bonchev–Trinajstić information content (AvgIpc) is 2.99. The molecule has 4 heteroatoms. The molecule has 15 heavy (non-hydrogen) atoms. The van der Waals surface area contributed by atoms with Crippen molar-refractivity contribution in [2.75, 3.05) is 0 Å². The van der Waals surface area contributed by atoms with Gasteiger partial charge in [0.05, 0.1) is 5.56 Å². The molecule has 1 aromatic heterocycles. The van der Waals surface area contributed by atoms with Crippen molar-refractivity contribution in [2.45, 2.75) is 18.8 Å². The van der Waals surface area contributed by atoms with Crippen LogP contribution in [0.15, 0.2) is 28.7 Å². The molecule has 1 aliphatic rings. The summed E-state index contributed by atoms with van der Waals surface area (Å²) in [7, 11) is 0. The lowest BCUT2D eigenvalue weighted by Gasteiger charge is -1.95. The highest BCUT2D eigenvalue weighted by molar-refractivity contribution is 5.53. The number of aromatic nitrogens is 2. The van der Waals surface area contributed by atoms with Gasteiger partial charge in [-0.1, -0.05) is 12.1 Å². The predicted octanol–water partition coefficient (Wildman–Crippen LogP) is 2.75. The number of hydrogen-bond donors (Lipinski definition) is 0. The summed E-state index contributed by atoms with van der Waals surface area (Å²) >= 11 is 0. The molecule has 1 fully saturated rings. The molecule has 1 heterocycles. The van der Waals surface area contributed by atoms with E-state index in [4.69, 9.17) is 4.42 Å². The van der Waals surface area contributed by atoms with E-state index in [1.54, 1.807) is 18.2 Å². The molecule has 0 amide bonds. The van der Waals surface area contributed by atoms with E-state index in [9.17, 15) is 4.39 Å². The van der Waals surface area contributed by atoms with Gasteiger partial charge in [-0.25, -0.2) is 4.39 Å². The van der Waals surface area contributed by atoms with Crippen LogP contribution in [0.1, 0.15) is 24.7 Å². The van der Waals surface area contributed by atoms with Crippen LogP contribution in [0.4, 0.5) is 4.39 Å². The van der Waals surface area contributed by atoms with E-state index in [-0.39, 0.29) is 11.7 Å². The van der Waals surface area contributed by atoms with E-state index < -0.39 is 0 Å². The zero-order valence-electron chi connectivity index (χ0n) is 7.98. The Morgan fingerprint density at radius 3 is 2.73 bits per heavy atom. The molecule has 0 saturated heterocycles. The molecule has 1 aliphatic carbocycles. The van der Waals surface area contributed by atoms with E-state index in [1.807, 2.05) is 0 Å². The van der Waals surface area contributed by atoms with Crippen molar-refractivity contribution in [1.29, 1.82) is 0 Å². The third kappa shape index (κ3) is 1.52. The van der Waals surface area contributed by atoms with Crippen LogP contribution < -0.4 is 0 Å². The van der Waals surface area contributed by atoms with Crippen LogP contribution in [0, 0.1) is 5.82 Å². The smallest absolute Gasteiger partial charge is 0.250 e. The van der Waals surface area contributed by atoms with Crippen LogP contribution in [-0.2, 0) is 0 Å². The summed E-state index contributed by atoms with van der Waals surface area (Å²) in [4.78, 5) is 0. The summed E-state index contributed by atoms with van der Waals surface area (Å²) < 4.78 is 18.8. The maximum absolute atomic E-state index is 13.4. The number of nitrogens with zero attached hydrogens (tertiary/aromatic N) is 2. The van der Waals surface area contributed by atoms with Crippen LogP contribution in [0.5, 0.6) is 0 Å². The SMILES string of the molecule is Fc1ccccc1-c1nnc(C2CC2)o1. The quantitative estimate of drug-likeness (QED) is 0.755. The molecule has 0 aliphatic heterocycles. The first-order valence-corrected chi connectivity index (χ1v) is 4.93. The number of benzene rings is 1. The second-order valence-electron chi connectivity index (χ2n) is 3.70. The summed E-state index contributed by atoms with van der Waals surface area (Å²) in [6.07, 6.45) is 2.19. The first-order valence-electron chi connectivity index (χ1n) is 4.93. The fourth-order valence-electron chi connectivity index (χ4n) is 1.47. The molecule has 0 N–H and O–H groups in total. The summed E-state index contributed by atoms with van der Waals surface area (Å²) in [5.41, 5.74) is 0.372. The van der Waals surface area contributed by atoms with Gasteiger partial charge in [-0.05, 0) is 25.0 Å². The Bertz CT molecular complexity index is 491. The number of rotatable bonds is 2.